The van der Waals surface area contributed by atoms with Gasteiger partial charge in [-0.25, -0.2) is 13.1 Å². The Kier molecular flexibility index (Phi) is 6.42. The van der Waals surface area contributed by atoms with Gasteiger partial charge in [0.1, 0.15) is 5.75 Å². The minimum absolute atomic E-state index is 0.00810. The van der Waals surface area contributed by atoms with Crippen LogP contribution in [0.4, 0.5) is 5.69 Å². The molecule has 138 valence electrons. The summed E-state index contributed by atoms with van der Waals surface area (Å²) in [6.45, 7) is 5.37. The molecule has 0 radical (unpaired) electrons. The molecule has 2 aromatic rings. The highest BCUT2D eigenvalue weighted by Crippen LogP contribution is 2.31. The van der Waals surface area contributed by atoms with Gasteiger partial charge in [-0.3, -0.25) is 4.79 Å². The van der Waals surface area contributed by atoms with Gasteiger partial charge < -0.3 is 10.1 Å². The van der Waals surface area contributed by atoms with Crippen molar-refractivity contribution in [3.63, 3.8) is 0 Å². The first kappa shape index (κ1) is 20.0. The van der Waals surface area contributed by atoms with E-state index in [4.69, 9.17) is 16.3 Å². The van der Waals surface area contributed by atoms with Crippen molar-refractivity contribution in [2.24, 2.45) is 0 Å². The van der Waals surface area contributed by atoms with E-state index in [2.05, 4.69) is 16.6 Å². The molecule has 0 bridgehead atoms. The van der Waals surface area contributed by atoms with Gasteiger partial charge >= 0.3 is 0 Å². The van der Waals surface area contributed by atoms with Crippen LogP contribution in [-0.4, -0.2) is 28.0 Å². The number of methoxy groups -OCH3 is 1. The molecule has 0 heterocycles. The summed E-state index contributed by atoms with van der Waals surface area (Å²) in [6, 6.07) is 9.03. The number of hydrogen-bond acceptors (Lipinski definition) is 4. The van der Waals surface area contributed by atoms with Crippen LogP contribution >= 0.6 is 11.6 Å². The molecule has 0 fully saturated rings. The summed E-state index contributed by atoms with van der Waals surface area (Å²) < 4.78 is 31.9. The Morgan fingerprint density at radius 1 is 1.31 bits per heavy atom. The third-order valence-electron chi connectivity index (χ3n) is 3.55. The number of hydrogen-bond donors (Lipinski definition) is 2. The average Bonchev–Trinajstić information content (AvgIpc) is 2.63. The number of rotatable bonds is 7. The van der Waals surface area contributed by atoms with Gasteiger partial charge in [-0.1, -0.05) is 23.7 Å². The lowest BCUT2D eigenvalue weighted by Crippen LogP contribution is -2.24. The van der Waals surface area contributed by atoms with E-state index < -0.39 is 15.9 Å². The maximum absolute atomic E-state index is 12.5. The molecule has 0 unspecified atom stereocenters. The first-order valence-corrected chi connectivity index (χ1v) is 9.50. The van der Waals surface area contributed by atoms with E-state index in [1.165, 1.54) is 37.5 Å². The summed E-state index contributed by atoms with van der Waals surface area (Å²) in [5.41, 5.74) is 1.41. The molecule has 0 aliphatic rings. The Morgan fingerprint density at radius 2 is 2.04 bits per heavy atom. The molecule has 0 aliphatic heterocycles. The number of anilines is 1. The molecule has 0 atom stereocenters. The van der Waals surface area contributed by atoms with E-state index in [0.29, 0.717) is 16.5 Å². The third-order valence-corrected chi connectivity index (χ3v) is 5.38. The number of carbonyl (C=O) groups is 1. The maximum atomic E-state index is 12.5. The van der Waals surface area contributed by atoms with Crippen molar-refractivity contribution in [2.45, 2.75) is 11.8 Å². The summed E-state index contributed by atoms with van der Waals surface area (Å²) in [7, 11) is -2.25. The van der Waals surface area contributed by atoms with Crippen LogP contribution in [0.1, 0.15) is 15.9 Å². The van der Waals surface area contributed by atoms with Gasteiger partial charge in [0.05, 0.1) is 17.7 Å². The number of sulfonamides is 1. The molecule has 0 spiro atoms. The predicted molar refractivity (Wildman–Crippen MR) is 103 cm³/mol. The maximum Gasteiger partial charge on any atom is 0.255 e. The summed E-state index contributed by atoms with van der Waals surface area (Å²) in [6.07, 6.45) is 1.43. The van der Waals surface area contributed by atoms with Crippen molar-refractivity contribution < 1.29 is 17.9 Å². The number of aryl methyl sites for hydroxylation is 1. The number of halogens is 1. The SMILES string of the molecule is C=CCNS(=O)(=O)c1cccc(C(=O)Nc2cc(C)c(Cl)cc2OC)c1. The van der Waals surface area contributed by atoms with Crippen molar-refractivity contribution in [1.29, 1.82) is 0 Å². The van der Waals surface area contributed by atoms with E-state index in [0.717, 1.165) is 5.56 Å². The molecule has 2 rings (SSSR count). The summed E-state index contributed by atoms with van der Waals surface area (Å²) >= 11 is 6.06. The van der Waals surface area contributed by atoms with Crippen LogP contribution in [0, 0.1) is 6.92 Å². The Balaban J connectivity index is 2.30. The highest BCUT2D eigenvalue weighted by atomic mass is 35.5. The zero-order chi connectivity index (χ0) is 19.3. The van der Waals surface area contributed by atoms with Crippen molar-refractivity contribution in [1.82, 2.24) is 4.72 Å². The van der Waals surface area contributed by atoms with E-state index in [1.54, 1.807) is 19.1 Å². The minimum atomic E-state index is -3.72. The molecule has 8 heteroatoms. The molecule has 0 aliphatic carbocycles. The smallest absolute Gasteiger partial charge is 0.255 e. The second-order valence-corrected chi connectivity index (χ2v) is 7.60. The highest BCUT2D eigenvalue weighted by Gasteiger charge is 2.17. The van der Waals surface area contributed by atoms with Gasteiger partial charge in [-0.2, -0.15) is 0 Å². The third kappa shape index (κ3) is 4.63. The van der Waals surface area contributed by atoms with Crippen molar-refractivity contribution >= 4 is 33.2 Å². The fourth-order valence-electron chi connectivity index (χ4n) is 2.18. The van der Waals surface area contributed by atoms with Crippen LogP contribution in [0.15, 0.2) is 53.9 Å². The second kappa shape index (κ2) is 8.35. The molecule has 26 heavy (non-hydrogen) atoms. The van der Waals surface area contributed by atoms with E-state index in [9.17, 15) is 13.2 Å². The van der Waals surface area contributed by atoms with Gasteiger partial charge in [-0.15, -0.1) is 6.58 Å². The highest BCUT2D eigenvalue weighted by molar-refractivity contribution is 7.89. The van der Waals surface area contributed by atoms with Gasteiger partial charge in [0.25, 0.3) is 5.91 Å². The molecule has 2 N–H and O–H groups in total. The molecule has 0 saturated carbocycles. The summed E-state index contributed by atoms with van der Waals surface area (Å²) in [5.74, 6) is -0.0591. The predicted octanol–water partition coefficient (Wildman–Crippen LogP) is 3.37. The molecule has 6 nitrogen and oxygen atoms in total. The van der Waals surface area contributed by atoms with Gasteiger partial charge in [0, 0.05) is 23.2 Å². The molecule has 2 aromatic carbocycles. The van der Waals surface area contributed by atoms with Crippen LogP contribution in [-0.2, 0) is 10.0 Å². The monoisotopic (exact) mass is 394 g/mol. The topological polar surface area (TPSA) is 84.5 Å². The number of nitrogens with one attached hydrogen (secondary N) is 2. The Morgan fingerprint density at radius 3 is 2.69 bits per heavy atom. The molecule has 1 amide bonds. The second-order valence-electron chi connectivity index (χ2n) is 5.42. The van der Waals surface area contributed by atoms with E-state index >= 15 is 0 Å². The van der Waals surface area contributed by atoms with Crippen LogP contribution in [0.2, 0.25) is 5.02 Å². The van der Waals surface area contributed by atoms with Gasteiger partial charge in [0.15, 0.2) is 0 Å². The van der Waals surface area contributed by atoms with Crippen molar-refractivity contribution in [2.75, 3.05) is 19.0 Å². The van der Waals surface area contributed by atoms with Crippen molar-refractivity contribution in [3.8, 4) is 5.75 Å². The van der Waals surface area contributed by atoms with Crippen LogP contribution < -0.4 is 14.8 Å². The number of carbonyl (C=O) groups excluding carboxylic acids is 1. The van der Waals surface area contributed by atoms with Gasteiger partial charge in [0.2, 0.25) is 10.0 Å². The Hall–Kier alpha value is -2.35. The zero-order valence-electron chi connectivity index (χ0n) is 14.4. The fourth-order valence-corrected chi connectivity index (χ4v) is 3.38. The molecule has 0 aromatic heterocycles. The largest absolute Gasteiger partial charge is 0.495 e. The summed E-state index contributed by atoms with van der Waals surface area (Å²) in [5, 5.41) is 3.23. The Bertz CT molecular complexity index is 942. The summed E-state index contributed by atoms with van der Waals surface area (Å²) in [4.78, 5) is 12.5. The lowest BCUT2D eigenvalue weighted by Gasteiger charge is -2.13. The van der Waals surface area contributed by atoms with Gasteiger partial charge in [-0.05, 0) is 36.8 Å². The van der Waals surface area contributed by atoms with Crippen LogP contribution in [0.5, 0.6) is 5.75 Å². The van der Waals surface area contributed by atoms with Crippen molar-refractivity contribution in [3.05, 3.63) is 65.2 Å². The first-order chi connectivity index (χ1) is 12.3. The molecular weight excluding hydrogens is 376 g/mol. The number of ether oxygens (including phenoxy) is 1. The Labute approximate surface area is 157 Å². The lowest BCUT2D eigenvalue weighted by atomic mass is 10.1. The minimum Gasteiger partial charge on any atom is -0.495 e. The first-order valence-electron chi connectivity index (χ1n) is 7.64. The van der Waals surface area contributed by atoms with E-state index in [1.807, 2.05) is 0 Å². The molecule has 0 saturated heterocycles. The van der Waals surface area contributed by atoms with Crippen LogP contribution in [0.25, 0.3) is 0 Å². The number of benzene rings is 2. The molecular formula is C18H19ClN2O4S. The number of amides is 1. The standard InChI is InChI=1S/C18H19ClN2O4S/c1-4-8-20-26(23,24)14-7-5-6-13(10-14)18(22)21-16-9-12(2)15(19)11-17(16)25-3/h4-7,9-11,20H,1,8H2,2-3H3,(H,21,22). The van der Waals surface area contributed by atoms with E-state index in [-0.39, 0.29) is 17.0 Å². The quantitative estimate of drug-likeness (QED) is 0.705. The fraction of sp³-hybridized carbons (Fsp3) is 0.167. The zero-order valence-corrected chi connectivity index (χ0v) is 15.9. The average molecular weight is 395 g/mol. The normalized spacial score (nSPS) is 11.0. The lowest BCUT2D eigenvalue weighted by molar-refractivity contribution is 0.102. The van der Waals surface area contributed by atoms with Crippen LogP contribution in [0.3, 0.4) is 0 Å².